The molecule has 214 valence electrons. The van der Waals surface area contributed by atoms with Crippen LogP contribution in [-0.4, -0.2) is 19.5 Å². The molecule has 2 rings (SSSR count). The maximum atomic E-state index is 6.56. The fraction of sp³-hybridized carbons (Fsp3) is 0.548. The first kappa shape index (κ1) is 34.7. The van der Waals surface area contributed by atoms with Gasteiger partial charge in [0.15, 0.2) is 0 Å². The van der Waals surface area contributed by atoms with Crippen molar-refractivity contribution in [1.29, 1.82) is 0 Å². The molecule has 0 spiro atoms. The van der Waals surface area contributed by atoms with Gasteiger partial charge < -0.3 is 13.6 Å². The van der Waals surface area contributed by atoms with E-state index in [0.717, 1.165) is 26.7 Å². The first-order valence-electron chi connectivity index (χ1n) is 13.3. The van der Waals surface area contributed by atoms with E-state index in [1.807, 2.05) is 6.08 Å². The molecule has 4 radical (unpaired) electrons. The van der Waals surface area contributed by atoms with Crippen LogP contribution >= 0.6 is 43.2 Å². The molecule has 0 aliphatic rings. The molecule has 0 saturated heterocycles. The minimum absolute atomic E-state index is 0.0915. The lowest BCUT2D eigenvalue weighted by Gasteiger charge is -2.37. The first-order chi connectivity index (χ1) is 17.8. The van der Waals surface area contributed by atoms with Crippen LogP contribution in [-0.2, 0) is 26.7 Å². The highest BCUT2D eigenvalue weighted by molar-refractivity contribution is 9.28. The zero-order valence-electron chi connectivity index (χ0n) is 25.3. The predicted molar refractivity (Wildman–Crippen MR) is 178 cm³/mol. The lowest BCUT2D eigenvalue weighted by molar-refractivity contribution is 0.0826. The van der Waals surface area contributed by atoms with Crippen LogP contribution in [0.1, 0.15) is 103 Å². The average Bonchev–Trinajstić information content (AvgIpc) is 3.28. The second-order valence-corrected chi connectivity index (χ2v) is 20.5. The Morgan fingerprint density at radius 1 is 0.795 bits per heavy atom. The fourth-order valence-corrected chi connectivity index (χ4v) is 6.25. The van der Waals surface area contributed by atoms with E-state index in [9.17, 15) is 0 Å². The van der Waals surface area contributed by atoms with E-state index < -0.39 is 11.2 Å². The Kier molecular flexibility index (Phi) is 12.6. The van der Waals surface area contributed by atoms with E-state index in [1.54, 1.807) is 11.3 Å². The minimum Gasteiger partial charge on any atom is -0.488 e. The molecule has 3 nitrogen and oxygen atoms in total. The Balaban J connectivity index is 2.36. The second-order valence-electron chi connectivity index (χ2n) is 12.7. The van der Waals surface area contributed by atoms with Gasteiger partial charge in [0.05, 0.1) is 14.6 Å². The van der Waals surface area contributed by atoms with Gasteiger partial charge in [0.1, 0.15) is 12.4 Å². The molecule has 0 N–H and O–H groups in total. The monoisotopic (exact) mass is 710 g/mol. The van der Waals surface area contributed by atoms with Crippen molar-refractivity contribution < 1.29 is 13.6 Å². The topological polar surface area (TPSA) is 27.7 Å². The van der Waals surface area contributed by atoms with E-state index in [0.29, 0.717) is 26.1 Å². The molecular weight excluding hydrogens is 668 g/mol. The highest BCUT2D eigenvalue weighted by Crippen LogP contribution is 2.40. The minimum atomic E-state index is -0.500. The Morgan fingerprint density at radius 2 is 1.36 bits per heavy atom. The van der Waals surface area contributed by atoms with Gasteiger partial charge in [-0.3, -0.25) is 0 Å². The quantitative estimate of drug-likeness (QED) is 0.162. The molecule has 0 bridgehead atoms. The van der Waals surface area contributed by atoms with E-state index >= 15 is 0 Å². The van der Waals surface area contributed by atoms with Crippen LogP contribution < -0.4 is 4.74 Å². The third kappa shape index (κ3) is 11.7. The van der Waals surface area contributed by atoms with Gasteiger partial charge in [0, 0.05) is 9.75 Å². The van der Waals surface area contributed by atoms with Gasteiger partial charge in [-0.1, -0.05) is 60.6 Å². The molecule has 0 amide bonds. The lowest BCUT2D eigenvalue weighted by Crippen LogP contribution is -2.34. The van der Waals surface area contributed by atoms with Crippen molar-refractivity contribution in [3.05, 3.63) is 66.8 Å². The van der Waals surface area contributed by atoms with Crippen LogP contribution in [0.3, 0.4) is 0 Å². The van der Waals surface area contributed by atoms with Crippen LogP contribution in [0.4, 0.5) is 0 Å². The average molecular weight is 713 g/mol. The van der Waals surface area contributed by atoms with Crippen molar-refractivity contribution in [2.45, 2.75) is 110 Å². The number of halogens is 2. The maximum Gasteiger partial charge on any atom is 0.236 e. The zero-order chi connectivity index (χ0) is 29.6. The summed E-state index contributed by atoms with van der Waals surface area (Å²) in [5.74, 6) is 0.839. The standard InChI is InChI=1S/C31H44Br2O3SSi2/c1-12-21(13-18-27(32)33)26-17-15-23(37-26)20-34-22-14-16-24(30(8,9)35-38-28(2,3)4)25(19-22)31(10,11)36-39-29(5,6)7/h13-19H,12,20H2,1-11H3. The van der Waals surface area contributed by atoms with Crippen molar-refractivity contribution in [2.75, 3.05) is 0 Å². The molecule has 0 fully saturated rings. The Hall–Kier alpha value is -0.486. The summed E-state index contributed by atoms with van der Waals surface area (Å²) in [5, 5.41) is 0.196. The Morgan fingerprint density at radius 3 is 1.87 bits per heavy atom. The molecule has 0 unspecified atom stereocenters. The molecule has 0 aliphatic carbocycles. The highest BCUT2D eigenvalue weighted by atomic mass is 79.9. The summed E-state index contributed by atoms with van der Waals surface area (Å²) in [6.07, 6.45) is 5.13. The third-order valence-corrected chi connectivity index (χ3v) is 9.78. The molecule has 1 heterocycles. The zero-order valence-corrected chi connectivity index (χ0v) is 31.3. The van der Waals surface area contributed by atoms with Gasteiger partial charge in [-0.15, -0.1) is 11.3 Å². The Bertz CT molecular complexity index is 1150. The van der Waals surface area contributed by atoms with E-state index in [-0.39, 0.29) is 10.1 Å². The first-order valence-corrected chi connectivity index (χ1v) is 17.5. The molecule has 1 aromatic heterocycles. The molecule has 2 aromatic rings. The highest BCUT2D eigenvalue weighted by Gasteiger charge is 2.34. The van der Waals surface area contributed by atoms with Crippen molar-refractivity contribution in [3.8, 4) is 5.75 Å². The molecule has 0 saturated carbocycles. The summed E-state index contributed by atoms with van der Waals surface area (Å²) in [5.41, 5.74) is 2.58. The van der Waals surface area contributed by atoms with Gasteiger partial charge in [-0.25, -0.2) is 0 Å². The summed E-state index contributed by atoms with van der Waals surface area (Å²) in [6, 6.07) is 10.7. The number of ether oxygens (including phenoxy) is 1. The van der Waals surface area contributed by atoms with E-state index in [2.05, 4.69) is 144 Å². The van der Waals surface area contributed by atoms with Crippen molar-refractivity contribution in [3.63, 3.8) is 0 Å². The summed E-state index contributed by atoms with van der Waals surface area (Å²) in [6.45, 7) is 24.6. The smallest absolute Gasteiger partial charge is 0.236 e. The van der Waals surface area contributed by atoms with Crippen LogP contribution in [0.15, 0.2) is 45.9 Å². The molecule has 8 heteroatoms. The van der Waals surface area contributed by atoms with Gasteiger partial charge >= 0.3 is 0 Å². The van der Waals surface area contributed by atoms with Crippen LogP contribution in [0.25, 0.3) is 5.57 Å². The number of thiophene rings is 1. The largest absolute Gasteiger partial charge is 0.488 e. The van der Waals surface area contributed by atoms with Crippen molar-refractivity contribution in [1.82, 2.24) is 0 Å². The summed E-state index contributed by atoms with van der Waals surface area (Å²) in [4.78, 5) is 2.46. The van der Waals surface area contributed by atoms with Crippen LogP contribution in [0.2, 0.25) is 10.1 Å². The summed E-state index contributed by atoms with van der Waals surface area (Å²) in [7, 11) is 0.754. The number of rotatable bonds is 12. The summed E-state index contributed by atoms with van der Waals surface area (Å²) < 4.78 is 20.4. The van der Waals surface area contributed by atoms with Gasteiger partial charge in [-0.2, -0.15) is 0 Å². The van der Waals surface area contributed by atoms with Gasteiger partial charge in [-0.05, 0) is 123 Å². The number of allylic oxidation sites excluding steroid dienone is 3. The Labute approximate surface area is 263 Å². The van der Waals surface area contributed by atoms with E-state index in [1.165, 1.54) is 15.3 Å². The fourth-order valence-electron chi connectivity index (χ4n) is 3.63. The van der Waals surface area contributed by atoms with Crippen molar-refractivity contribution >= 4 is 68.3 Å². The van der Waals surface area contributed by atoms with Gasteiger partial charge in [0.25, 0.3) is 0 Å². The third-order valence-electron chi connectivity index (χ3n) is 5.66. The second kappa shape index (κ2) is 14.1. The van der Waals surface area contributed by atoms with Crippen molar-refractivity contribution in [2.24, 2.45) is 0 Å². The van der Waals surface area contributed by atoms with Crippen LogP contribution in [0.5, 0.6) is 5.75 Å². The van der Waals surface area contributed by atoms with Crippen LogP contribution in [0, 0.1) is 0 Å². The molecule has 0 aliphatic heterocycles. The molecular formula is C31H44Br2O3SSi2. The van der Waals surface area contributed by atoms with E-state index in [4.69, 9.17) is 13.6 Å². The molecule has 1 aromatic carbocycles. The molecule has 39 heavy (non-hydrogen) atoms. The van der Waals surface area contributed by atoms with Gasteiger partial charge in [0.2, 0.25) is 19.5 Å². The maximum absolute atomic E-state index is 6.56. The normalized spacial score (nSPS) is 13.5. The number of benzene rings is 1. The number of hydrogen-bond acceptors (Lipinski definition) is 4. The molecule has 0 atom stereocenters. The predicted octanol–water partition coefficient (Wildman–Crippen LogP) is 10.9. The number of hydrogen-bond donors (Lipinski definition) is 0. The summed E-state index contributed by atoms with van der Waals surface area (Å²) >= 11 is 8.65. The lowest BCUT2D eigenvalue weighted by atomic mass is 9.85. The SMILES string of the molecule is CCC(=CC=C(Br)Br)c1ccc(COc2ccc(C(C)(C)O[Si]C(C)(C)C)c(C(C)(C)O[Si]C(C)(C)C)c2)s1.